The van der Waals surface area contributed by atoms with Crippen molar-refractivity contribution in [2.75, 3.05) is 19.6 Å². The number of carboxylic acid groups (broad SMARTS) is 1. The van der Waals surface area contributed by atoms with Gasteiger partial charge >= 0.3 is 5.97 Å². The molecule has 14 heavy (non-hydrogen) atoms. The van der Waals surface area contributed by atoms with Crippen LogP contribution in [0.1, 0.15) is 46.0 Å². The Labute approximate surface area is 87.1 Å². The molecule has 0 atom stereocenters. The third-order valence-electron chi connectivity index (χ3n) is 2.36. The average Bonchev–Trinajstić information content (AvgIpc) is 2.20. The smallest absolute Gasteiger partial charge is 0.303 e. The van der Waals surface area contributed by atoms with Crippen LogP contribution in [0.2, 0.25) is 0 Å². The normalized spacial score (nSPS) is 17.0. The first-order chi connectivity index (χ1) is 6.70. The molecule has 1 heterocycles. The molecule has 84 valence electrons. The number of hydrogen-bond donors (Lipinski definition) is 1. The van der Waals surface area contributed by atoms with Crippen LogP contribution in [0.25, 0.3) is 0 Å². The highest BCUT2D eigenvalue weighted by Crippen LogP contribution is 2.06. The third-order valence-corrected chi connectivity index (χ3v) is 2.36. The van der Waals surface area contributed by atoms with Crippen LogP contribution >= 0.6 is 0 Å². The van der Waals surface area contributed by atoms with Gasteiger partial charge in [0.1, 0.15) is 0 Å². The first-order valence-electron chi connectivity index (χ1n) is 5.64. The van der Waals surface area contributed by atoms with Gasteiger partial charge in [-0.25, -0.2) is 0 Å². The van der Waals surface area contributed by atoms with Crippen LogP contribution in [-0.2, 0) is 4.79 Å². The number of carbonyl (C=O) groups is 1. The van der Waals surface area contributed by atoms with Crippen LogP contribution in [0.15, 0.2) is 0 Å². The summed E-state index contributed by atoms with van der Waals surface area (Å²) >= 11 is 0. The Morgan fingerprint density at radius 1 is 1.21 bits per heavy atom. The number of rotatable bonds is 3. The average molecular weight is 201 g/mol. The zero-order valence-electron chi connectivity index (χ0n) is 9.46. The Morgan fingerprint density at radius 3 is 2.00 bits per heavy atom. The molecule has 1 aliphatic rings. The van der Waals surface area contributed by atoms with E-state index in [2.05, 4.69) is 11.8 Å². The molecule has 0 saturated carbocycles. The largest absolute Gasteiger partial charge is 0.481 e. The van der Waals surface area contributed by atoms with Crippen LogP contribution in [0.3, 0.4) is 0 Å². The molecule has 0 aliphatic carbocycles. The van der Waals surface area contributed by atoms with Gasteiger partial charge in [-0.05, 0) is 38.9 Å². The highest BCUT2D eigenvalue weighted by Gasteiger charge is 2.05. The molecule has 0 spiro atoms. The van der Waals surface area contributed by atoms with Crippen molar-refractivity contribution in [3.63, 3.8) is 0 Å². The molecular weight excluding hydrogens is 178 g/mol. The van der Waals surface area contributed by atoms with E-state index >= 15 is 0 Å². The molecular formula is C11H23NO2. The van der Waals surface area contributed by atoms with E-state index < -0.39 is 5.97 Å². The van der Waals surface area contributed by atoms with E-state index in [4.69, 9.17) is 5.11 Å². The summed E-state index contributed by atoms with van der Waals surface area (Å²) < 4.78 is 0. The maximum absolute atomic E-state index is 9.60. The quantitative estimate of drug-likeness (QED) is 0.762. The van der Waals surface area contributed by atoms with Crippen LogP contribution < -0.4 is 0 Å². The first-order valence-corrected chi connectivity index (χ1v) is 5.64. The van der Waals surface area contributed by atoms with E-state index in [9.17, 15) is 4.79 Å². The van der Waals surface area contributed by atoms with Crippen molar-refractivity contribution in [3.8, 4) is 0 Å². The lowest BCUT2D eigenvalue weighted by molar-refractivity contribution is -0.137. The molecule has 0 aromatic heterocycles. The predicted molar refractivity (Wildman–Crippen MR) is 58.5 cm³/mol. The van der Waals surface area contributed by atoms with Gasteiger partial charge in [-0.2, -0.15) is 0 Å². The van der Waals surface area contributed by atoms with Gasteiger partial charge in [0, 0.05) is 6.42 Å². The molecule has 1 N–H and O–H groups in total. The highest BCUT2D eigenvalue weighted by molar-refractivity contribution is 5.66. The van der Waals surface area contributed by atoms with E-state index in [0.717, 1.165) is 6.42 Å². The summed E-state index contributed by atoms with van der Waals surface area (Å²) in [5, 5.41) is 7.91. The summed E-state index contributed by atoms with van der Waals surface area (Å²) in [7, 11) is 0. The lowest BCUT2D eigenvalue weighted by atomic mass is 10.1. The number of aliphatic carboxylic acids is 1. The topological polar surface area (TPSA) is 40.5 Å². The minimum Gasteiger partial charge on any atom is -0.481 e. The standard InChI is InChI=1S/C7H15N.C4H8O2/c1-2-8-6-4-3-5-7-8;1-2-3-4(5)6/h2-7H2,1H3;2-3H2,1H3,(H,5,6). The zero-order chi connectivity index (χ0) is 10.8. The summed E-state index contributed by atoms with van der Waals surface area (Å²) in [5.74, 6) is -0.711. The Morgan fingerprint density at radius 2 is 1.79 bits per heavy atom. The summed E-state index contributed by atoms with van der Waals surface area (Å²) in [5.41, 5.74) is 0. The molecule has 0 unspecified atom stereocenters. The minimum absolute atomic E-state index is 0.292. The maximum Gasteiger partial charge on any atom is 0.303 e. The van der Waals surface area contributed by atoms with Crippen LogP contribution in [0.5, 0.6) is 0 Å². The molecule has 0 amide bonds. The van der Waals surface area contributed by atoms with Gasteiger partial charge in [0.25, 0.3) is 0 Å². The van der Waals surface area contributed by atoms with Gasteiger partial charge < -0.3 is 10.0 Å². The van der Waals surface area contributed by atoms with Crippen LogP contribution in [0, 0.1) is 0 Å². The Bertz CT molecular complexity index is 142. The fourth-order valence-corrected chi connectivity index (χ4v) is 1.49. The second-order valence-electron chi connectivity index (χ2n) is 3.64. The lowest BCUT2D eigenvalue weighted by Crippen LogP contribution is -2.29. The van der Waals surface area contributed by atoms with Gasteiger partial charge in [0.05, 0.1) is 0 Å². The molecule has 3 heteroatoms. The van der Waals surface area contributed by atoms with Crippen molar-refractivity contribution in [2.24, 2.45) is 0 Å². The summed E-state index contributed by atoms with van der Waals surface area (Å²) in [6.07, 6.45) is 5.33. The van der Waals surface area contributed by atoms with Gasteiger partial charge in [-0.1, -0.05) is 20.3 Å². The zero-order valence-corrected chi connectivity index (χ0v) is 9.46. The molecule has 0 radical (unpaired) electrons. The van der Waals surface area contributed by atoms with Crippen LogP contribution in [0.4, 0.5) is 0 Å². The van der Waals surface area contributed by atoms with E-state index in [1.54, 1.807) is 0 Å². The second-order valence-corrected chi connectivity index (χ2v) is 3.64. The van der Waals surface area contributed by atoms with Gasteiger partial charge in [-0.15, -0.1) is 0 Å². The summed E-state index contributed by atoms with van der Waals surface area (Å²) in [6, 6.07) is 0. The van der Waals surface area contributed by atoms with Crippen molar-refractivity contribution >= 4 is 5.97 Å². The number of hydrogen-bond acceptors (Lipinski definition) is 2. The van der Waals surface area contributed by atoms with Crippen molar-refractivity contribution < 1.29 is 9.90 Å². The van der Waals surface area contributed by atoms with E-state index in [-0.39, 0.29) is 0 Å². The molecule has 1 rings (SSSR count). The number of piperidine rings is 1. The van der Waals surface area contributed by atoms with Gasteiger partial charge in [0.15, 0.2) is 0 Å². The molecule has 3 nitrogen and oxygen atoms in total. The van der Waals surface area contributed by atoms with Gasteiger partial charge in [-0.3, -0.25) is 4.79 Å². The van der Waals surface area contributed by atoms with Crippen molar-refractivity contribution in [1.82, 2.24) is 4.90 Å². The number of likely N-dealkylation sites (tertiary alicyclic amines) is 1. The lowest BCUT2D eigenvalue weighted by Gasteiger charge is -2.24. The molecule has 1 aliphatic heterocycles. The molecule has 1 saturated heterocycles. The molecule has 0 bridgehead atoms. The van der Waals surface area contributed by atoms with E-state index in [1.165, 1.54) is 38.9 Å². The predicted octanol–water partition coefficient (Wildman–Crippen LogP) is 2.36. The molecule has 0 aromatic rings. The van der Waals surface area contributed by atoms with E-state index in [1.807, 2.05) is 6.92 Å². The monoisotopic (exact) mass is 201 g/mol. The van der Waals surface area contributed by atoms with Gasteiger partial charge in [0.2, 0.25) is 0 Å². The fraction of sp³-hybridized carbons (Fsp3) is 0.909. The first kappa shape index (κ1) is 13.4. The second kappa shape index (κ2) is 9.00. The molecule has 1 fully saturated rings. The van der Waals surface area contributed by atoms with Crippen molar-refractivity contribution in [1.29, 1.82) is 0 Å². The van der Waals surface area contributed by atoms with E-state index in [0.29, 0.717) is 6.42 Å². The van der Waals surface area contributed by atoms with Crippen molar-refractivity contribution in [3.05, 3.63) is 0 Å². The fourth-order valence-electron chi connectivity index (χ4n) is 1.49. The Hall–Kier alpha value is -0.570. The number of carboxylic acids is 1. The van der Waals surface area contributed by atoms with Crippen LogP contribution in [-0.4, -0.2) is 35.6 Å². The Balaban J connectivity index is 0.000000255. The Kier molecular flexibility index (Phi) is 8.64. The minimum atomic E-state index is -0.711. The maximum atomic E-state index is 9.60. The van der Waals surface area contributed by atoms with Crippen molar-refractivity contribution in [2.45, 2.75) is 46.0 Å². The summed E-state index contributed by atoms with van der Waals surface area (Å²) in [4.78, 5) is 12.1. The summed E-state index contributed by atoms with van der Waals surface area (Å²) in [6.45, 7) is 8.02. The third kappa shape index (κ3) is 8.05. The molecule has 0 aromatic carbocycles. The highest BCUT2D eigenvalue weighted by atomic mass is 16.4. The number of nitrogens with zero attached hydrogens (tertiary/aromatic N) is 1. The SMILES string of the molecule is CCCC(=O)O.CCN1CCCCC1.